The topological polar surface area (TPSA) is 139 Å². The van der Waals surface area contributed by atoms with Gasteiger partial charge in [0.2, 0.25) is 11.9 Å². The Balaban J connectivity index is 2.48. The largest absolute Gasteiger partial charge is 0.453 e. The molecule has 0 aromatic carbocycles. The first-order valence-electron chi connectivity index (χ1n) is 4.20. The maximum absolute atomic E-state index is 11.4. The van der Waals surface area contributed by atoms with Crippen LogP contribution in [0.4, 0.5) is 16.7 Å². The molecular formula is C7H8N6O3. The summed E-state index contributed by atoms with van der Waals surface area (Å²) in [5.41, 5.74) is 5.11. The standard InChI is InChI=1S/C7H8N6O3/c1-16-7(15)13-6-9-2-3(11-6)10-5(8)12-4(2)14/h1H3,(H5,8,9,10,11,12,13,14,15). The number of nitrogen functional groups attached to an aromatic ring is 1. The minimum absolute atomic E-state index is 0.0476. The van der Waals surface area contributed by atoms with Crippen molar-refractivity contribution in [2.45, 2.75) is 0 Å². The summed E-state index contributed by atoms with van der Waals surface area (Å²) in [6, 6.07) is 0. The average Bonchev–Trinajstić information content (AvgIpc) is 2.60. The van der Waals surface area contributed by atoms with Gasteiger partial charge in [0, 0.05) is 0 Å². The number of H-pyrrole nitrogens is 2. The van der Waals surface area contributed by atoms with Crippen molar-refractivity contribution in [3.8, 4) is 0 Å². The molecule has 84 valence electrons. The molecule has 0 bridgehead atoms. The molecule has 1 amide bonds. The van der Waals surface area contributed by atoms with E-state index in [0.717, 1.165) is 0 Å². The highest BCUT2D eigenvalue weighted by atomic mass is 16.5. The molecule has 0 atom stereocenters. The molecule has 2 heterocycles. The van der Waals surface area contributed by atoms with Crippen LogP contribution in [0, 0.1) is 0 Å². The molecule has 9 heteroatoms. The van der Waals surface area contributed by atoms with Crippen LogP contribution >= 0.6 is 0 Å². The zero-order valence-electron chi connectivity index (χ0n) is 8.20. The summed E-state index contributed by atoms with van der Waals surface area (Å²) in [6.45, 7) is 0. The summed E-state index contributed by atoms with van der Waals surface area (Å²) in [4.78, 5) is 34.7. The van der Waals surface area contributed by atoms with E-state index in [0.29, 0.717) is 0 Å². The number of methoxy groups -OCH3 is 1. The third kappa shape index (κ3) is 1.65. The Kier molecular flexibility index (Phi) is 2.20. The van der Waals surface area contributed by atoms with Crippen LogP contribution in [-0.2, 0) is 4.74 Å². The first kappa shape index (κ1) is 9.96. The molecule has 2 aromatic heterocycles. The van der Waals surface area contributed by atoms with Crippen molar-refractivity contribution in [3.05, 3.63) is 10.4 Å². The minimum Gasteiger partial charge on any atom is -0.453 e. The van der Waals surface area contributed by atoms with Crippen LogP contribution in [0.3, 0.4) is 0 Å². The quantitative estimate of drug-likeness (QED) is 0.510. The number of ether oxygens (including phenoxy) is 1. The van der Waals surface area contributed by atoms with E-state index in [4.69, 9.17) is 5.73 Å². The molecule has 0 aliphatic heterocycles. The molecule has 0 saturated heterocycles. The third-order valence-electron chi connectivity index (χ3n) is 1.79. The fraction of sp³-hybridized carbons (Fsp3) is 0.143. The van der Waals surface area contributed by atoms with Crippen LogP contribution < -0.4 is 16.6 Å². The number of carbonyl (C=O) groups excluding carboxylic acids is 1. The lowest BCUT2D eigenvalue weighted by atomic mass is 10.5. The van der Waals surface area contributed by atoms with Gasteiger partial charge in [0.05, 0.1) is 7.11 Å². The number of rotatable bonds is 1. The van der Waals surface area contributed by atoms with Crippen LogP contribution in [0.25, 0.3) is 11.2 Å². The fourth-order valence-electron chi connectivity index (χ4n) is 1.13. The van der Waals surface area contributed by atoms with Crippen molar-refractivity contribution in [2.75, 3.05) is 18.2 Å². The lowest BCUT2D eigenvalue weighted by molar-refractivity contribution is 0.186. The molecule has 0 spiro atoms. The zero-order valence-corrected chi connectivity index (χ0v) is 8.20. The Labute approximate surface area is 88.0 Å². The van der Waals surface area contributed by atoms with Gasteiger partial charge in [-0.3, -0.25) is 15.1 Å². The monoisotopic (exact) mass is 224 g/mol. The highest BCUT2D eigenvalue weighted by Gasteiger charge is 2.10. The fourth-order valence-corrected chi connectivity index (χ4v) is 1.13. The van der Waals surface area contributed by atoms with Gasteiger partial charge in [-0.1, -0.05) is 0 Å². The van der Waals surface area contributed by atoms with Crippen LogP contribution in [0.5, 0.6) is 0 Å². The van der Waals surface area contributed by atoms with Gasteiger partial charge in [-0.2, -0.15) is 9.97 Å². The molecule has 0 aliphatic carbocycles. The van der Waals surface area contributed by atoms with E-state index < -0.39 is 11.7 Å². The number of imidazole rings is 1. The second-order valence-corrected chi connectivity index (χ2v) is 2.85. The van der Waals surface area contributed by atoms with E-state index in [-0.39, 0.29) is 23.1 Å². The summed E-state index contributed by atoms with van der Waals surface area (Å²) in [6.07, 6.45) is -0.705. The van der Waals surface area contributed by atoms with Crippen molar-refractivity contribution in [1.82, 2.24) is 19.9 Å². The molecule has 2 aromatic rings. The maximum Gasteiger partial charge on any atom is 0.413 e. The van der Waals surface area contributed by atoms with E-state index in [1.165, 1.54) is 7.11 Å². The predicted octanol–water partition coefficient (Wildman–Crippen LogP) is -0.593. The Hall–Kier alpha value is -2.58. The molecule has 16 heavy (non-hydrogen) atoms. The van der Waals surface area contributed by atoms with Gasteiger partial charge in [0.25, 0.3) is 5.56 Å². The third-order valence-corrected chi connectivity index (χ3v) is 1.79. The Morgan fingerprint density at radius 3 is 2.88 bits per heavy atom. The van der Waals surface area contributed by atoms with Crippen molar-refractivity contribution >= 4 is 29.2 Å². The molecule has 0 saturated carbocycles. The highest BCUT2D eigenvalue weighted by Crippen LogP contribution is 2.08. The van der Waals surface area contributed by atoms with Gasteiger partial charge >= 0.3 is 6.09 Å². The number of carbonyl (C=O) groups is 1. The number of anilines is 2. The van der Waals surface area contributed by atoms with Gasteiger partial charge in [0.1, 0.15) is 0 Å². The Morgan fingerprint density at radius 2 is 2.19 bits per heavy atom. The molecule has 9 nitrogen and oxygen atoms in total. The second-order valence-electron chi connectivity index (χ2n) is 2.85. The number of nitrogens with one attached hydrogen (secondary N) is 3. The van der Waals surface area contributed by atoms with Crippen LogP contribution in [0.1, 0.15) is 0 Å². The first-order valence-corrected chi connectivity index (χ1v) is 4.20. The van der Waals surface area contributed by atoms with Gasteiger partial charge in [0.15, 0.2) is 11.2 Å². The molecule has 0 radical (unpaired) electrons. The summed E-state index contributed by atoms with van der Waals surface area (Å²) < 4.78 is 4.36. The Morgan fingerprint density at radius 1 is 1.44 bits per heavy atom. The number of aromatic amines is 2. The molecule has 0 fully saturated rings. The van der Waals surface area contributed by atoms with Crippen molar-refractivity contribution in [2.24, 2.45) is 0 Å². The Bertz CT molecular complexity index is 600. The van der Waals surface area contributed by atoms with E-state index in [1.807, 2.05) is 0 Å². The smallest absolute Gasteiger partial charge is 0.413 e. The molecule has 2 rings (SSSR count). The second kappa shape index (κ2) is 3.53. The van der Waals surface area contributed by atoms with E-state index >= 15 is 0 Å². The predicted molar refractivity (Wildman–Crippen MR) is 54.9 cm³/mol. The number of aromatic nitrogens is 4. The number of nitrogens with zero attached hydrogens (tertiary/aromatic N) is 2. The summed E-state index contributed by atoms with van der Waals surface area (Å²) in [5.74, 6) is 0.0130. The van der Waals surface area contributed by atoms with Gasteiger partial charge < -0.3 is 15.5 Å². The van der Waals surface area contributed by atoms with Crippen LogP contribution in [0.15, 0.2) is 4.79 Å². The lowest BCUT2D eigenvalue weighted by Gasteiger charge is -1.96. The number of hydrogen-bond donors (Lipinski definition) is 4. The number of nitrogens with two attached hydrogens (primary N) is 1. The molecule has 5 N–H and O–H groups in total. The number of hydrogen-bond acceptors (Lipinski definition) is 6. The zero-order chi connectivity index (χ0) is 11.7. The van der Waals surface area contributed by atoms with Gasteiger partial charge in [-0.05, 0) is 0 Å². The SMILES string of the molecule is COC(=O)Nc1nc2nc(N)[nH]c(=O)c2[nH]1. The number of fused-ring (bicyclic) bond motifs is 1. The van der Waals surface area contributed by atoms with E-state index in [9.17, 15) is 9.59 Å². The van der Waals surface area contributed by atoms with E-state index in [1.54, 1.807) is 0 Å². The molecule has 0 aliphatic rings. The lowest BCUT2D eigenvalue weighted by Crippen LogP contribution is -2.12. The maximum atomic E-state index is 11.4. The van der Waals surface area contributed by atoms with Crippen LogP contribution in [-0.4, -0.2) is 33.1 Å². The summed E-state index contributed by atoms with van der Waals surface area (Å²) in [7, 11) is 1.21. The minimum atomic E-state index is -0.705. The van der Waals surface area contributed by atoms with E-state index in [2.05, 4.69) is 30.0 Å². The summed E-state index contributed by atoms with van der Waals surface area (Å²) in [5, 5.41) is 2.27. The average molecular weight is 224 g/mol. The van der Waals surface area contributed by atoms with Crippen molar-refractivity contribution in [3.63, 3.8) is 0 Å². The van der Waals surface area contributed by atoms with Crippen LogP contribution in [0.2, 0.25) is 0 Å². The molecular weight excluding hydrogens is 216 g/mol. The highest BCUT2D eigenvalue weighted by molar-refractivity contribution is 5.84. The molecule has 0 unspecified atom stereocenters. The first-order chi connectivity index (χ1) is 7.60. The van der Waals surface area contributed by atoms with Gasteiger partial charge in [-0.15, -0.1) is 0 Å². The normalized spacial score (nSPS) is 10.3. The van der Waals surface area contributed by atoms with Gasteiger partial charge in [-0.25, -0.2) is 4.79 Å². The van der Waals surface area contributed by atoms with Crippen molar-refractivity contribution < 1.29 is 9.53 Å². The number of amides is 1. The summed E-state index contributed by atoms with van der Waals surface area (Å²) >= 11 is 0. The van der Waals surface area contributed by atoms with Crippen molar-refractivity contribution in [1.29, 1.82) is 0 Å².